The highest BCUT2D eigenvalue weighted by Crippen LogP contribution is 2.38. The molecule has 1 aromatic heterocycles. The molecule has 0 atom stereocenters. The highest BCUT2D eigenvalue weighted by molar-refractivity contribution is 6.30. The Morgan fingerprint density at radius 1 is 1.04 bits per heavy atom. The first-order chi connectivity index (χ1) is 12.6. The van der Waals surface area contributed by atoms with E-state index in [0.717, 1.165) is 32.1 Å². The number of nitrogens with zero attached hydrogens (tertiary/aromatic N) is 3. The number of nitrogens with one attached hydrogen (secondary N) is 2. The van der Waals surface area contributed by atoms with Gasteiger partial charge in [0.2, 0.25) is 0 Å². The predicted octanol–water partition coefficient (Wildman–Crippen LogP) is 3.54. The Hall–Kier alpha value is -2.96. The summed E-state index contributed by atoms with van der Waals surface area (Å²) in [6.07, 6.45) is 4.95. The molecule has 2 aliphatic rings. The summed E-state index contributed by atoms with van der Waals surface area (Å²) in [6, 6.07) is 11.0. The second kappa shape index (κ2) is 6.09. The molecule has 0 radical (unpaired) electrons. The van der Waals surface area contributed by atoms with E-state index in [-0.39, 0.29) is 5.56 Å². The molecule has 7 heteroatoms. The first-order valence-electron chi connectivity index (χ1n) is 8.54. The molecule has 0 amide bonds. The van der Waals surface area contributed by atoms with Gasteiger partial charge in [0.25, 0.3) is 5.56 Å². The topological polar surface area (TPSA) is 93.6 Å². The zero-order chi connectivity index (χ0) is 18.3. The molecule has 1 spiro atoms. The van der Waals surface area contributed by atoms with Crippen LogP contribution in [0, 0.1) is 22.7 Å². The van der Waals surface area contributed by atoms with Crippen LogP contribution < -0.4 is 16.3 Å². The lowest BCUT2D eigenvalue weighted by Crippen LogP contribution is -2.46. The van der Waals surface area contributed by atoms with Gasteiger partial charge < -0.3 is 5.32 Å². The fourth-order valence-corrected chi connectivity index (χ4v) is 4.01. The number of anilines is 1. The maximum atomic E-state index is 12.9. The van der Waals surface area contributed by atoms with Crippen LogP contribution in [0.5, 0.6) is 0 Å². The molecular weight excluding hydrogens is 350 g/mol. The van der Waals surface area contributed by atoms with Gasteiger partial charge in [-0.05, 0) is 43.4 Å². The van der Waals surface area contributed by atoms with E-state index >= 15 is 0 Å². The average molecular weight is 366 g/mol. The minimum absolute atomic E-state index is 0.0465. The maximum Gasteiger partial charge on any atom is 0.289 e. The van der Waals surface area contributed by atoms with Crippen LogP contribution in [-0.4, -0.2) is 10.3 Å². The van der Waals surface area contributed by atoms with Gasteiger partial charge in [-0.1, -0.05) is 30.2 Å². The molecule has 0 saturated heterocycles. The van der Waals surface area contributed by atoms with E-state index in [1.807, 2.05) is 6.07 Å². The molecule has 1 aromatic carbocycles. The normalized spacial score (nSPS) is 16.9. The zero-order valence-electron chi connectivity index (χ0n) is 14.0. The Balaban J connectivity index is 1.96. The van der Waals surface area contributed by atoms with Crippen LogP contribution >= 0.6 is 11.6 Å². The minimum Gasteiger partial charge on any atom is -0.345 e. The Bertz CT molecular complexity index is 1020. The van der Waals surface area contributed by atoms with Gasteiger partial charge >= 0.3 is 0 Å². The van der Waals surface area contributed by atoms with E-state index in [4.69, 9.17) is 11.6 Å². The summed E-state index contributed by atoms with van der Waals surface area (Å²) in [5.74, 6) is 0.434. The summed E-state index contributed by atoms with van der Waals surface area (Å²) in [7, 11) is 0. The summed E-state index contributed by atoms with van der Waals surface area (Å²) in [5, 5.41) is 23.4. The van der Waals surface area contributed by atoms with E-state index in [0.29, 0.717) is 27.5 Å². The smallest absolute Gasteiger partial charge is 0.289 e. The van der Waals surface area contributed by atoms with Crippen LogP contribution in [0.25, 0.3) is 11.1 Å². The van der Waals surface area contributed by atoms with Gasteiger partial charge in [0.05, 0.1) is 0 Å². The van der Waals surface area contributed by atoms with Crippen molar-refractivity contribution in [2.45, 2.75) is 37.8 Å². The molecule has 0 bridgehead atoms. The number of pyridine rings is 1. The van der Waals surface area contributed by atoms with Crippen molar-refractivity contribution in [3.05, 3.63) is 50.8 Å². The summed E-state index contributed by atoms with van der Waals surface area (Å²) in [4.78, 5) is 12.9. The van der Waals surface area contributed by atoms with Crippen LogP contribution in [-0.2, 0) is 0 Å². The monoisotopic (exact) mass is 365 g/mol. The largest absolute Gasteiger partial charge is 0.345 e. The van der Waals surface area contributed by atoms with E-state index < -0.39 is 11.2 Å². The Morgan fingerprint density at radius 2 is 1.69 bits per heavy atom. The fraction of sp³-hybridized carbons (Fsp3) is 0.316. The molecule has 1 aliphatic heterocycles. The van der Waals surface area contributed by atoms with Crippen LogP contribution in [0.15, 0.2) is 29.1 Å². The van der Waals surface area contributed by atoms with Gasteiger partial charge in [-0.25, -0.2) is 4.68 Å². The van der Waals surface area contributed by atoms with Crippen molar-refractivity contribution < 1.29 is 0 Å². The van der Waals surface area contributed by atoms with Gasteiger partial charge in [-0.3, -0.25) is 10.2 Å². The molecule has 6 nitrogen and oxygen atoms in total. The SMILES string of the molecule is N#Cc1c(-c2ccc(Cl)cc2)c(C#N)c(=O)n2c1NC1(CCCCC1)N2. The van der Waals surface area contributed by atoms with Gasteiger partial charge in [-0.2, -0.15) is 10.5 Å². The number of fused-ring (bicyclic) bond motifs is 1. The van der Waals surface area contributed by atoms with Gasteiger partial charge in [0.1, 0.15) is 34.7 Å². The number of hydrogen-bond donors (Lipinski definition) is 2. The first-order valence-corrected chi connectivity index (χ1v) is 8.92. The van der Waals surface area contributed by atoms with Crippen molar-refractivity contribution in [2.75, 3.05) is 10.7 Å². The number of nitriles is 2. The lowest BCUT2D eigenvalue weighted by atomic mass is 9.89. The molecule has 130 valence electrons. The van der Waals surface area contributed by atoms with Crippen molar-refractivity contribution in [2.24, 2.45) is 0 Å². The van der Waals surface area contributed by atoms with E-state index in [9.17, 15) is 15.3 Å². The van der Waals surface area contributed by atoms with E-state index in [1.165, 1.54) is 4.68 Å². The average Bonchev–Trinajstić information content (AvgIpc) is 3.02. The highest BCUT2D eigenvalue weighted by Gasteiger charge is 2.40. The molecule has 4 rings (SSSR count). The summed E-state index contributed by atoms with van der Waals surface area (Å²) in [6.45, 7) is 0. The third-order valence-corrected chi connectivity index (χ3v) is 5.38. The second-order valence-electron chi connectivity index (χ2n) is 6.72. The molecular formula is C19H16ClN5O. The Labute approximate surface area is 155 Å². The molecule has 2 aromatic rings. The van der Waals surface area contributed by atoms with Gasteiger partial charge in [-0.15, -0.1) is 0 Å². The van der Waals surface area contributed by atoms with Crippen LogP contribution in [0.4, 0.5) is 5.82 Å². The molecule has 1 aliphatic carbocycles. The standard InChI is InChI=1S/C19H16ClN5O/c20-13-6-4-12(5-7-13)16-14(10-21)17-23-19(8-2-1-3-9-19)24-25(17)18(26)15(16)11-22/h4-7,23-24H,1-3,8-9H2. The van der Waals surface area contributed by atoms with Crippen molar-refractivity contribution in [3.8, 4) is 23.3 Å². The van der Waals surface area contributed by atoms with E-state index in [1.54, 1.807) is 24.3 Å². The quantitative estimate of drug-likeness (QED) is 0.806. The van der Waals surface area contributed by atoms with Crippen molar-refractivity contribution in [1.29, 1.82) is 10.5 Å². The molecule has 26 heavy (non-hydrogen) atoms. The summed E-state index contributed by atoms with van der Waals surface area (Å²) >= 11 is 5.95. The molecule has 1 fully saturated rings. The number of halogens is 1. The molecule has 2 N–H and O–H groups in total. The second-order valence-corrected chi connectivity index (χ2v) is 7.16. The third kappa shape index (κ3) is 2.42. The molecule has 2 heterocycles. The molecule has 1 saturated carbocycles. The van der Waals surface area contributed by atoms with Crippen molar-refractivity contribution >= 4 is 17.4 Å². The number of hydrogen-bond acceptors (Lipinski definition) is 5. The Kier molecular flexibility index (Phi) is 3.86. The minimum atomic E-state index is -0.443. The summed E-state index contributed by atoms with van der Waals surface area (Å²) in [5.41, 5.74) is 3.57. The van der Waals surface area contributed by atoms with Crippen LogP contribution in [0.1, 0.15) is 43.2 Å². The van der Waals surface area contributed by atoms with Crippen molar-refractivity contribution in [3.63, 3.8) is 0 Å². The molecule has 0 unspecified atom stereocenters. The fourth-order valence-electron chi connectivity index (χ4n) is 3.88. The summed E-state index contributed by atoms with van der Waals surface area (Å²) < 4.78 is 1.34. The van der Waals surface area contributed by atoms with Gasteiger partial charge in [0, 0.05) is 10.6 Å². The predicted molar refractivity (Wildman–Crippen MR) is 99.4 cm³/mol. The number of benzene rings is 1. The zero-order valence-corrected chi connectivity index (χ0v) is 14.7. The van der Waals surface area contributed by atoms with Crippen LogP contribution in [0.2, 0.25) is 5.02 Å². The lowest BCUT2D eigenvalue weighted by molar-refractivity contribution is 0.353. The lowest BCUT2D eigenvalue weighted by Gasteiger charge is -2.33. The van der Waals surface area contributed by atoms with E-state index in [2.05, 4.69) is 16.8 Å². The number of aromatic nitrogens is 1. The first kappa shape index (κ1) is 16.5. The van der Waals surface area contributed by atoms with Crippen molar-refractivity contribution in [1.82, 2.24) is 4.68 Å². The highest BCUT2D eigenvalue weighted by atomic mass is 35.5. The van der Waals surface area contributed by atoms with Gasteiger partial charge in [0.15, 0.2) is 0 Å². The maximum absolute atomic E-state index is 12.9. The Morgan fingerprint density at radius 3 is 2.31 bits per heavy atom. The third-order valence-electron chi connectivity index (χ3n) is 5.12. The number of rotatable bonds is 1. The van der Waals surface area contributed by atoms with Crippen LogP contribution in [0.3, 0.4) is 0 Å².